The molecule has 23 heavy (non-hydrogen) atoms. The molecule has 1 rings (SSSR count). The van der Waals surface area contributed by atoms with Crippen molar-refractivity contribution < 1.29 is 19.0 Å². The van der Waals surface area contributed by atoms with Crippen LogP contribution in [0.3, 0.4) is 0 Å². The summed E-state index contributed by atoms with van der Waals surface area (Å²) in [5.74, 6) is -0.0226. The van der Waals surface area contributed by atoms with Crippen molar-refractivity contribution in [3.63, 3.8) is 0 Å². The number of carbonyl (C=O) groups excluding carboxylic acids is 1. The van der Waals surface area contributed by atoms with Gasteiger partial charge in [0.25, 0.3) is 0 Å². The zero-order chi connectivity index (χ0) is 17.5. The van der Waals surface area contributed by atoms with Crippen LogP contribution in [0.1, 0.15) is 27.7 Å². The molecular formula is C18H26NO4+. The highest BCUT2D eigenvalue weighted by atomic mass is 16.6. The lowest BCUT2D eigenvalue weighted by molar-refractivity contribution is -0.555. The smallest absolute Gasteiger partial charge is 0.333 e. The number of carbonyl (C=O) groups is 1. The number of esters is 1. The van der Waals surface area contributed by atoms with Gasteiger partial charge < -0.3 is 9.47 Å². The summed E-state index contributed by atoms with van der Waals surface area (Å²) >= 11 is 0. The highest BCUT2D eigenvalue weighted by Gasteiger charge is 2.38. The zero-order valence-corrected chi connectivity index (χ0v) is 14.4. The van der Waals surface area contributed by atoms with Crippen LogP contribution in [0.4, 0.5) is 0 Å². The molecular weight excluding hydrogens is 294 g/mol. The van der Waals surface area contributed by atoms with Crippen molar-refractivity contribution in [1.82, 2.24) is 0 Å². The Balaban J connectivity index is 2.83. The van der Waals surface area contributed by atoms with Gasteiger partial charge in [0.15, 0.2) is 6.54 Å². The molecule has 1 unspecified atom stereocenters. The molecule has 1 aromatic rings. The van der Waals surface area contributed by atoms with Crippen molar-refractivity contribution in [3.05, 3.63) is 47.4 Å². The minimum absolute atomic E-state index is 0.222. The van der Waals surface area contributed by atoms with Crippen LogP contribution >= 0.6 is 0 Å². The fourth-order valence-electron chi connectivity index (χ4n) is 1.97. The summed E-state index contributed by atoms with van der Waals surface area (Å²) in [4.78, 5) is 23.6. The number of rotatable bonds is 9. The van der Waals surface area contributed by atoms with E-state index in [9.17, 15) is 9.70 Å². The van der Waals surface area contributed by atoms with Crippen LogP contribution in [0, 0.1) is 10.8 Å². The molecule has 0 spiro atoms. The third-order valence-corrected chi connectivity index (χ3v) is 3.66. The van der Waals surface area contributed by atoms with Crippen molar-refractivity contribution in [2.45, 2.75) is 33.3 Å². The third kappa shape index (κ3) is 6.22. The molecule has 0 saturated carbocycles. The average Bonchev–Trinajstić information content (AvgIpc) is 2.51. The fourth-order valence-corrected chi connectivity index (χ4v) is 1.97. The van der Waals surface area contributed by atoms with E-state index in [0.717, 1.165) is 4.76 Å². The molecule has 0 fully saturated rings. The Kier molecular flexibility index (Phi) is 6.94. The predicted molar refractivity (Wildman–Crippen MR) is 89.4 cm³/mol. The summed E-state index contributed by atoms with van der Waals surface area (Å²) in [6, 6.07) is 9.35. The van der Waals surface area contributed by atoms with Crippen LogP contribution in [0.5, 0.6) is 5.75 Å². The molecule has 1 atom stereocenters. The Morgan fingerprint density at radius 3 is 2.43 bits per heavy atom. The lowest BCUT2D eigenvalue weighted by Gasteiger charge is -2.31. The van der Waals surface area contributed by atoms with Gasteiger partial charge in [0.05, 0.1) is 5.92 Å². The number of para-hydroxylation sites is 1. The summed E-state index contributed by atoms with van der Waals surface area (Å²) in [6.45, 7) is 11.4. The molecule has 0 aliphatic carbocycles. The maximum absolute atomic E-state index is 11.8. The first-order chi connectivity index (χ1) is 10.8. The van der Waals surface area contributed by atoms with Crippen molar-refractivity contribution >= 4 is 5.97 Å². The van der Waals surface area contributed by atoms with Gasteiger partial charge in [0.1, 0.15) is 18.0 Å². The van der Waals surface area contributed by atoms with Crippen molar-refractivity contribution in [1.29, 1.82) is 0 Å². The molecule has 0 aromatic heterocycles. The minimum Gasteiger partial charge on any atom is -0.493 e. The second-order valence-corrected chi connectivity index (χ2v) is 6.07. The highest BCUT2D eigenvalue weighted by Crippen LogP contribution is 2.24. The molecule has 0 N–H and O–H groups in total. The quantitative estimate of drug-likeness (QED) is 0.398. The second-order valence-electron chi connectivity index (χ2n) is 6.07. The van der Waals surface area contributed by atoms with E-state index < -0.39 is 11.6 Å². The number of benzene rings is 1. The largest absolute Gasteiger partial charge is 0.493 e. The van der Waals surface area contributed by atoms with Gasteiger partial charge in [0.2, 0.25) is 6.54 Å². The normalized spacial score (nSPS) is 12.3. The first-order valence-corrected chi connectivity index (χ1v) is 7.75. The lowest BCUT2D eigenvalue weighted by Crippen LogP contribution is -2.44. The maximum Gasteiger partial charge on any atom is 0.333 e. The Labute approximate surface area is 137 Å². The van der Waals surface area contributed by atoms with Gasteiger partial charge >= 0.3 is 5.97 Å². The van der Waals surface area contributed by atoms with Crippen molar-refractivity contribution in [2.75, 3.05) is 19.7 Å². The number of nitroso groups, excluding NO2 is 1. The van der Waals surface area contributed by atoms with Crippen molar-refractivity contribution in [3.8, 4) is 5.75 Å². The summed E-state index contributed by atoms with van der Waals surface area (Å²) in [6.07, 6.45) is 0. The SMILES string of the molecule is C=C(C)C(=O)OC(C)(C)C(COc1ccccc1)C[N+](=O)CC. The molecule has 0 saturated heterocycles. The molecule has 0 aliphatic rings. The number of ether oxygens (including phenoxy) is 2. The molecule has 0 heterocycles. The van der Waals surface area contributed by atoms with E-state index in [0.29, 0.717) is 17.9 Å². The first-order valence-electron chi connectivity index (χ1n) is 7.75. The molecule has 0 aliphatic heterocycles. The molecule has 0 radical (unpaired) electrons. The third-order valence-electron chi connectivity index (χ3n) is 3.66. The molecule has 0 bridgehead atoms. The van der Waals surface area contributed by atoms with E-state index >= 15 is 0 Å². The van der Waals surface area contributed by atoms with Crippen LogP contribution in [0.2, 0.25) is 0 Å². The molecule has 0 amide bonds. The maximum atomic E-state index is 11.8. The summed E-state index contributed by atoms with van der Waals surface area (Å²) in [5.41, 5.74) is -0.516. The van der Waals surface area contributed by atoms with E-state index in [-0.39, 0.29) is 19.1 Å². The van der Waals surface area contributed by atoms with Crippen LogP contribution in [-0.2, 0) is 9.53 Å². The van der Waals surface area contributed by atoms with Crippen molar-refractivity contribution in [2.24, 2.45) is 5.92 Å². The Morgan fingerprint density at radius 2 is 1.91 bits per heavy atom. The summed E-state index contributed by atoms with van der Waals surface area (Å²) in [5, 5.41) is 0. The van der Waals surface area contributed by atoms with Gasteiger partial charge in [-0.3, -0.25) is 0 Å². The van der Waals surface area contributed by atoms with Gasteiger partial charge in [0, 0.05) is 10.5 Å². The fraction of sp³-hybridized carbons (Fsp3) is 0.500. The lowest BCUT2D eigenvalue weighted by atomic mass is 9.91. The Bertz CT molecular complexity index is 551. The molecule has 5 nitrogen and oxygen atoms in total. The standard InChI is InChI=1S/C18H26NO4/c1-6-19(21)12-15(13-22-16-10-8-7-9-11-16)18(4,5)23-17(20)14(2)3/h7-11,15H,2,6,12-13H2,1,3-5H3/q+1. The Hall–Kier alpha value is -2.17. The second kappa shape index (κ2) is 8.46. The van der Waals surface area contributed by atoms with Gasteiger partial charge in [-0.05, 0) is 44.6 Å². The first kappa shape index (κ1) is 18.9. The Morgan fingerprint density at radius 1 is 1.30 bits per heavy atom. The van der Waals surface area contributed by atoms with Crippen LogP contribution in [0.25, 0.3) is 0 Å². The van der Waals surface area contributed by atoms with Crippen LogP contribution in [-0.4, -0.2) is 36.0 Å². The summed E-state index contributed by atoms with van der Waals surface area (Å²) < 4.78 is 12.2. The minimum atomic E-state index is -0.845. The van der Waals surface area contributed by atoms with Gasteiger partial charge in [-0.1, -0.05) is 24.8 Å². The number of hydrogen-bond donors (Lipinski definition) is 0. The average molecular weight is 320 g/mol. The molecule has 126 valence electrons. The van der Waals surface area contributed by atoms with Gasteiger partial charge in [-0.25, -0.2) is 4.79 Å². The van der Waals surface area contributed by atoms with Crippen LogP contribution in [0.15, 0.2) is 42.5 Å². The van der Waals surface area contributed by atoms with E-state index in [4.69, 9.17) is 9.47 Å². The predicted octanol–water partition coefficient (Wildman–Crippen LogP) is 3.38. The monoisotopic (exact) mass is 320 g/mol. The highest BCUT2D eigenvalue weighted by molar-refractivity contribution is 5.87. The number of nitrogens with zero attached hydrogens (tertiary/aromatic N) is 1. The van der Waals surface area contributed by atoms with E-state index in [1.54, 1.807) is 27.7 Å². The van der Waals surface area contributed by atoms with Crippen LogP contribution < -0.4 is 4.74 Å². The summed E-state index contributed by atoms with van der Waals surface area (Å²) in [7, 11) is 0. The zero-order valence-electron chi connectivity index (χ0n) is 14.4. The van der Waals surface area contributed by atoms with Gasteiger partial charge in [-0.2, -0.15) is 0 Å². The number of hydrogen-bond acceptors (Lipinski definition) is 4. The molecule has 1 aromatic carbocycles. The topological polar surface area (TPSA) is 55.6 Å². The van der Waals surface area contributed by atoms with Gasteiger partial charge in [-0.15, -0.1) is 0 Å². The molecule has 5 heteroatoms. The van der Waals surface area contributed by atoms with E-state index in [2.05, 4.69) is 6.58 Å². The van der Waals surface area contributed by atoms with E-state index in [1.165, 1.54) is 0 Å². The van der Waals surface area contributed by atoms with E-state index in [1.807, 2.05) is 30.3 Å².